The van der Waals surface area contributed by atoms with E-state index in [1.807, 2.05) is 38.1 Å². The van der Waals surface area contributed by atoms with Gasteiger partial charge in [-0.05, 0) is 37.1 Å². The van der Waals surface area contributed by atoms with E-state index in [1.165, 1.54) is 0 Å². The Morgan fingerprint density at radius 2 is 1.17 bits per heavy atom. The summed E-state index contributed by atoms with van der Waals surface area (Å²) >= 11 is 0. The molecule has 36 heavy (non-hydrogen) atoms. The summed E-state index contributed by atoms with van der Waals surface area (Å²) in [4.78, 5) is 25.1. The van der Waals surface area contributed by atoms with Gasteiger partial charge in [0.1, 0.15) is 11.3 Å². The number of nitrogens with zero attached hydrogens (tertiary/aromatic N) is 4. The molecule has 0 saturated carbocycles. The third kappa shape index (κ3) is 7.20. The molecule has 2 fully saturated rings. The van der Waals surface area contributed by atoms with Crippen molar-refractivity contribution < 1.29 is 13.6 Å². The molecule has 2 aliphatic heterocycles. The van der Waals surface area contributed by atoms with Gasteiger partial charge in [-0.1, -0.05) is 12.1 Å². The van der Waals surface area contributed by atoms with Crippen molar-refractivity contribution in [1.29, 1.82) is 0 Å². The Hall–Kier alpha value is -2.65. The van der Waals surface area contributed by atoms with Gasteiger partial charge in [0.15, 0.2) is 0 Å². The predicted octanol–water partition coefficient (Wildman–Crippen LogP) is 3.70. The number of alkyl halides is 2. The van der Waals surface area contributed by atoms with Crippen LogP contribution in [0.25, 0.3) is 0 Å². The van der Waals surface area contributed by atoms with E-state index >= 15 is 8.78 Å². The summed E-state index contributed by atoms with van der Waals surface area (Å²) < 4.78 is 30.6. The topological polar surface area (TPSA) is 73.4 Å². The summed E-state index contributed by atoms with van der Waals surface area (Å²) in [6.07, 6.45) is 4.80. The Bertz CT molecular complexity index is 905. The number of carbonyl (C=O) groups excluding carboxylic acids is 1. The van der Waals surface area contributed by atoms with Gasteiger partial charge in [-0.25, -0.2) is 13.6 Å². The van der Waals surface area contributed by atoms with Crippen molar-refractivity contribution in [2.75, 3.05) is 39.3 Å². The smallest absolute Gasteiger partial charge is 0.320 e. The molecule has 4 rings (SSSR count). The monoisotopic (exact) mass is 500 g/mol. The van der Waals surface area contributed by atoms with Crippen molar-refractivity contribution in [2.45, 2.75) is 64.0 Å². The minimum Gasteiger partial charge on any atom is -0.324 e. The lowest BCUT2D eigenvalue weighted by molar-refractivity contribution is 0.0397. The van der Waals surface area contributed by atoms with Crippen molar-refractivity contribution in [3.05, 3.63) is 59.2 Å². The molecule has 2 aromatic rings. The average molecular weight is 501 g/mol. The van der Waals surface area contributed by atoms with E-state index < -0.39 is 11.3 Å². The molecule has 0 aliphatic carbocycles. The molecule has 2 aromatic heterocycles. The fourth-order valence-electron chi connectivity index (χ4n) is 4.79. The van der Waals surface area contributed by atoms with Gasteiger partial charge in [0, 0.05) is 90.4 Å². The van der Waals surface area contributed by atoms with E-state index in [9.17, 15) is 4.79 Å². The highest BCUT2D eigenvalue weighted by molar-refractivity contribution is 5.74. The third-order valence-electron chi connectivity index (χ3n) is 7.30. The third-order valence-corrected chi connectivity index (χ3v) is 7.30. The SMILES string of the molecule is Cc1ccc(CNCC2(F)CCN(C(=O)N3CCC(F)(CNCc4ccc(C)cn4)CC3)CC2)nc1. The maximum absolute atomic E-state index is 15.3. The first-order chi connectivity index (χ1) is 17.2. The lowest BCUT2D eigenvalue weighted by Crippen LogP contribution is -2.55. The van der Waals surface area contributed by atoms with Crippen molar-refractivity contribution >= 4 is 6.03 Å². The summed E-state index contributed by atoms with van der Waals surface area (Å²) in [5.74, 6) is 0. The van der Waals surface area contributed by atoms with Crippen molar-refractivity contribution in [3.63, 3.8) is 0 Å². The predicted molar refractivity (Wildman–Crippen MR) is 136 cm³/mol. The van der Waals surface area contributed by atoms with Gasteiger partial charge >= 0.3 is 6.03 Å². The number of carbonyl (C=O) groups is 1. The number of hydrogen-bond acceptors (Lipinski definition) is 5. The van der Waals surface area contributed by atoms with Gasteiger partial charge in [0.05, 0.1) is 11.4 Å². The standard InChI is InChI=1S/C27H38F2N6O/c1-21-3-5-23(32-15-21)17-30-19-26(28)7-11-34(12-8-26)25(36)35-13-9-27(29,10-14-35)20-31-18-24-6-4-22(2)16-33-24/h3-6,15-16,30-31H,7-14,17-20H2,1-2H3. The van der Waals surface area contributed by atoms with Crippen LogP contribution in [0.4, 0.5) is 13.6 Å². The van der Waals surface area contributed by atoms with E-state index in [0.717, 1.165) is 22.5 Å². The maximum atomic E-state index is 15.3. The molecule has 0 atom stereocenters. The molecule has 4 heterocycles. The van der Waals surface area contributed by atoms with Crippen LogP contribution in [0.15, 0.2) is 36.7 Å². The van der Waals surface area contributed by atoms with E-state index in [1.54, 1.807) is 22.2 Å². The van der Waals surface area contributed by atoms with Crippen molar-refractivity contribution in [2.24, 2.45) is 0 Å². The van der Waals surface area contributed by atoms with Crippen LogP contribution in [-0.4, -0.2) is 76.4 Å². The maximum Gasteiger partial charge on any atom is 0.320 e. The Balaban J connectivity index is 1.15. The summed E-state index contributed by atoms with van der Waals surface area (Å²) in [6.45, 7) is 6.99. The number of piperidine rings is 2. The zero-order chi connectivity index (χ0) is 25.6. The number of pyridine rings is 2. The molecular weight excluding hydrogens is 462 g/mol. The van der Waals surface area contributed by atoms with Gasteiger partial charge in [-0.3, -0.25) is 9.97 Å². The summed E-state index contributed by atoms with van der Waals surface area (Å²) in [6, 6.07) is 7.76. The van der Waals surface area contributed by atoms with Crippen LogP contribution >= 0.6 is 0 Å². The molecule has 0 aromatic carbocycles. The Morgan fingerprint density at radius 1 is 0.778 bits per heavy atom. The lowest BCUT2D eigenvalue weighted by atomic mass is 9.92. The molecular formula is C27H38F2N6O. The highest BCUT2D eigenvalue weighted by Crippen LogP contribution is 2.29. The van der Waals surface area contributed by atoms with Crippen molar-refractivity contribution in [3.8, 4) is 0 Å². The van der Waals surface area contributed by atoms with Gasteiger partial charge < -0.3 is 20.4 Å². The normalized spacial score (nSPS) is 19.3. The number of aromatic nitrogens is 2. The zero-order valence-corrected chi connectivity index (χ0v) is 21.4. The van der Waals surface area contributed by atoms with E-state index in [-0.39, 0.29) is 19.1 Å². The Morgan fingerprint density at radius 3 is 1.50 bits per heavy atom. The Kier molecular flexibility index (Phi) is 8.51. The quantitative estimate of drug-likeness (QED) is 0.578. The number of hydrogen-bond donors (Lipinski definition) is 2. The number of nitrogens with one attached hydrogen (secondary N) is 2. The number of aryl methyl sites for hydroxylation is 2. The number of urea groups is 1. The number of rotatable bonds is 8. The Labute approximate surface area is 212 Å². The molecule has 2 N–H and O–H groups in total. The van der Waals surface area contributed by atoms with E-state index in [2.05, 4.69) is 20.6 Å². The number of likely N-dealkylation sites (tertiary alicyclic amines) is 2. The van der Waals surface area contributed by atoms with Crippen LogP contribution < -0.4 is 10.6 Å². The molecule has 2 saturated heterocycles. The van der Waals surface area contributed by atoms with Gasteiger partial charge in [0.2, 0.25) is 0 Å². The van der Waals surface area contributed by atoms with Crippen LogP contribution in [0.3, 0.4) is 0 Å². The first kappa shape index (κ1) is 26.4. The molecule has 0 unspecified atom stereocenters. The van der Waals surface area contributed by atoms with Gasteiger partial charge in [0.25, 0.3) is 0 Å². The number of halogens is 2. The average Bonchev–Trinajstić information content (AvgIpc) is 2.87. The van der Waals surface area contributed by atoms with Crippen molar-refractivity contribution in [1.82, 2.24) is 30.4 Å². The minimum absolute atomic E-state index is 0.104. The second-order valence-electron chi connectivity index (χ2n) is 10.4. The molecule has 9 heteroatoms. The molecule has 0 bridgehead atoms. The highest BCUT2D eigenvalue weighted by atomic mass is 19.1. The second kappa shape index (κ2) is 11.6. The molecule has 0 radical (unpaired) electrons. The van der Waals surface area contributed by atoms with E-state index in [4.69, 9.17) is 0 Å². The van der Waals surface area contributed by atoms with Crippen LogP contribution in [0.2, 0.25) is 0 Å². The highest BCUT2D eigenvalue weighted by Gasteiger charge is 2.40. The first-order valence-electron chi connectivity index (χ1n) is 12.9. The zero-order valence-electron chi connectivity index (χ0n) is 21.4. The molecule has 2 aliphatic rings. The fraction of sp³-hybridized carbons (Fsp3) is 0.593. The van der Waals surface area contributed by atoms with Crippen LogP contribution in [0.1, 0.15) is 48.2 Å². The van der Waals surface area contributed by atoms with Crippen LogP contribution in [0, 0.1) is 13.8 Å². The molecule has 0 spiro atoms. The van der Waals surface area contributed by atoms with Gasteiger partial charge in [-0.15, -0.1) is 0 Å². The lowest BCUT2D eigenvalue weighted by Gasteiger charge is -2.42. The summed E-state index contributed by atoms with van der Waals surface area (Å²) in [5.41, 5.74) is 1.28. The van der Waals surface area contributed by atoms with Crippen LogP contribution in [-0.2, 0) is 13.1 Å². The molecule has 2 amide bonds. The second-order valence-corrected chi connectivity index (χ2v) is 10.4. The summed E-state index contributed by atoms with van der Waals surface area (Å²) in [7, 11) is 0. The first-order valence-corrected chi connectivity index (χ1v) is 12.9. The summed E-state index contributed by atoms with van der Waals surface area (Å²) in [5, 5.41) is 6.35. The molecule has 7 nitrogen and oxygen atoms in total. The minimum atomic E-state index is -1.34. The fourth-order valence-corrected chi connectivity index (χ4v) is 4.79. The number of amides is 2. The van der Waals surface area contributed by atoms with Crippen LogP contribution in [0.5, 0.6) is 0 Å². The van der Waals surface area contributed by atoms with Gasteiger partial charge in [-0.2, -0.15) is 0 Å². The molecule has 196 valence electrons. The van der Waals surface area contributed by atoms with E-state index in [0.29, 0.717) is 65.0 Å². The largest absolute Gasteiger partial charge is 0.324 e.